The van der Waals surface area contributed by atoms with Gasteiger partial charge in [-0.15, -0.1) is 0 Å². The summed E-state index contributed by atoms with van der Waals surface area (Å²) >= 11 is 0. The largest absolute Gasteiger partial charge is 0.444 e. The number of nitrogens with two attached hydrogens (primary N) is 1. The number of carbonyl (C=O) groups excluding carboxylic acids is 1. The van der Waals surface area contributed by atoms with Gasteiger partial charge in [0.25, 0.3) is 0 Å². The minimum atomic E-state index is -0.615. The number of hydrogen-bond donors (Lipinski definition) is 1. The van der Waals surface area contributed by atoms with E-state index in [1.165, 1.54) is 0 Å². The topological polar surface area (TPSA) is 71.2 Å². The van der Waals surface area contributed by atoms with Crippen LogP contribution in [-0.2, 0) is 4.74 Å². The number of carbonyl (C=O) groups is 1. The number of rotatable bonds is 4. The molecule has 1 fully saturated rings. The van der Waals surface area contributed by atoms with Crippen LogP contribution in [0.5, 0.6) is 0 Å². The number of piperazine rings is 1. The third-order valence-electron chi connectivity index (χ3n) is 4.00. The number of halogens is 1. The molecule has 7 heteroatoms. The van der Waals surface area contributed by atoms with Crippen LogP contribution in [0, 0.1) is 0 Å². The Hall–Kier alpha value is -2.83. The fourth-order valence-corrected chi connectivity index (χ4v) is 2.60. The number of ether oxygens (including phenoxy) is 1. The summed E-state index contributed by atoms with van der Waals surface area (Å²) < 4.78 is 18.4. The zero-order valence-corrected chi connectivity index (χ0v) is 16.1. The maximum Gasteiger partial charge on any atom is 0.410 e. The predicted molar refractivity (Wildman–Crippen MR) is 107 cm³/mol. The number of nitrogens with zero attached hydrogens (tertiary/aromatic N) is 3. The monoisotopic (exact) mass is 374 g/mol. The molecule has 1 aromatic rings. The van der Waals surface area contributed by atoms with E-state index >= 15 is 0 Å². The van der Waals surface area contributed by atoms with Crippen LogP contribution in [0.2, 0.25) is 0 Å². The summed E-state index contributed by atoms with van der Waals surface area (Å²) in [6.07, 6.45) is 1.61. The summed E-state index contributed by atoms with van der Waals surface area (Å²) in [6, 6.07) is 7.71. The van der Waals surface area contributed by atoms with Gasteiger partial charge in [-0.25, -0.2) is 9.18 Å². The summed E-state index contributed by atoms with van der Waals surface area (Å²) in [5.41, 5.74) is 6.87. The van der Waals surface area contributed by atoms with Crippen molar-refractivity contribution in [3.8, 4) is 0 Å². The van der Waals surface area contributed by atoms with E-state index in [-0.39, 0.29) is 6.09 Å². The van der Waals surface area contributed by atoms with Crippen LogP contribution in [0.25, 0.3) is 5.70 Å². The van der Waals surface area contributed by atoms with Crippen LogP contribution in [0.15, 0.2) is 47.9 Å². The van der Waals surface area contributed by atoms with Crippen molar-refractivity contribution in [2.45, 2.75) is 26.4 Å². The van der Waals surface area contributed by atoms with Crippen LogP contribution in [0.1, 0.15) is 26.3 Å². The van der Waals surface area contributed by atoms with Gasteiger partial charge in [0.1, 0.15) is 5.60 Å². The molecule has 0 atom stereocenters. The van der Waals surface area contributed by atoms with Crippen molar-refractivity contribution in [1.82, 2.24) is 4.90 Å². The summed E-state index contributed by atoms with van der Waals surface area (Å²) in [4.78, 5) is 20.0. The molecule has 0 bridgehead atoms. The Bertz CT molecular complexity index is 727. The highest BCUT2D eigenvalue weighted by molar-refractivity contribution is 5.82. The maximum atomic E-state index is 13.0. The number of benzene rings is 1. The number of aliphatic imine (C=N–C) groups is 1. The lowest BCUT2D eigenvalue weighted by molar-refractivity contribution is 0.0240. The Balaban J connectivity index is 1.92. The lowest BCUT2D eigenvalue weighted by Gasteiger charge is -2.36. The van der Waals surface area contributed by atoms with Crippen LogP contribution in [0.3, 0.4) is 0 Å². The minimum Gasteiger partial charge on any atom is -0.444 e. The number of amides is 1. The molecule has 1 amide bonds. The summed E-state index contributed by atoms with van der Waals surface area (Å²) in [6.45, 7) is 12.1. The van der Waals surface area contributed by atoms with Gasteiger partial charge in [0.2, 0.25) is 0 Å². The van der Waals surface area contributed by atoms with Crippen molar-refractivity contribution in [1.29, 1.82) is 0 Å². The van der Waals surface area contributed by atoms with Crippen molar-refractivity contribution in [3.05, 3.63) is 48.4 Å². The molecule has 1 aliphatic rings. The van der Waals surface area contributed by atoms with Crippen molar-refractivity contribution in [2.24, 2.45) is 10.7 Å². The number of allylic oxidation sites excluding steroid dienone is 1. The molecule has 2 rings (SSSR count). The number of anilines is 1. The standard InChI is InChI=1S/C20H27FN4O2/c1-15(23-14-17(21)13-22)16-5-7-18(8-6-16)24-9-11-25(12-10-24)19(26)27-20(2,3)4/h5-8,13-14H,1,9-12,22H2,2-4H3/b17-13+,23-14?. The average molecular weight is 374 g/mol. The van der Waals surface area contributed by atoms with Crippen molar-refractivity contribution < 1.29 is 13.9 Å². The number of hydrogen-bond acceptors (Lipinski definition) is 5. The van der Waals surface area contributed by atoms with Crippen molar-refractivity contribution in [2.75, 3.05) is 31.1 Å². The van der Waals surface area contributed by atoms with Crippen LogP contribution in [-0.4, -0.2) is 49.0 Å². The predicted octanol–water partition coefficient (Wildman–Crippen LogP) is 3.55. The zero-order chi connectivity index (χ0) is 20.0. The molecule has 6 nitrogen and oxygen atoms in total. The summed E-state index contributed by atoms with van der Waals surface area (Å²) in [5, 5.41) is 0. The maximum absolute atomic E-state index is 13.0. The Labute approximate surface area is 159 Å². The SMILES string of the molecule is C=C(N=C/C(F)=C\N)c1ccc(N2CCN(C(=O)OC(C)(C)C)CC2)cc1. The third-order valence-corrected chi connectivity index (χ3v) is 4.00. The third kappa shape index (κ3) is 6.13. The minimum absolute atomic E-state index is 0.273. The smallest absolute Gasteiger partial charge is 0.410 e. The average Bonchev–Trinajstić information content (AvgIpc) is 2.64. The second-order valence-corrected chi connectivity index (χ2v) is 7.26. The molecule has 0 unspecified atom stereocenters. The van der Waals surface area contributed by atoms with Gasteiger partial charge in [-0.1, -0.05) is 18.7 Å². The van der Waals surface area contributed by atoms with E-state index in [1.807, 2.05) is 45.0 Å². The zero-order valence-electron chi connectivity index (χ0n) is 16.1. The first-order valence-corrected chi connectivity index (χ1v) is 8.83. The molecule has 0 spiro atoms. The van der Waals surface area contributed by atoms with Crippen LogP contribution < -0.4 is 10.6 Å². The van der Waals surface area contributed by atoms with E-state index < -0.39 is 11.4 Å². The molecule has 0 aliphatic carbocycles. The molecule has 2 N–H and O–H groups in total. The normalized spacial score (nSPS) is 15.9. The van der Waals surface area contributed by atoms with Crippen LogP contribution in [0.4, 0.5) is 14.9 Å². The first kappa shape index (κ1) is 20.5. The van der Waals surface area contributed by atoms with Gasteiger partial charge in [-0.2, -0.15) is 0 Å². The Morgan fingerprint density at radius 3 is 2.33 bits per heavy atom. The molecule has 0 saturated carbocycles. The Kier molecular flexibility index (Phi) is 6.60. The molecule has 0 radical (unpaired) electrons. The van der Waals surface area contributed by atoms with E-state index in [9.17, 15) is 9.18 Å². The molecule has 0 aromatic heterocycles. The molecule has 27 heavy (non-hydrogen) atoms. The lowest BCUT2D eigenvalue weighted by atomic mass is 10.1. The van der Waals surface area contributed by atoms with Gasteiger partial charge in [-0.05, 0) is 38.5 Å². The molecule has 1 aromatic carbocycles. The fourth-order valence-electron chi connectivity index (χ4n) is 2.60. The van der Waals surface area contributed by atoms with E-state index in [1.54, 1.807) is 4.90 Å². The van der Waals surface area contributed by atoms with E-state index in [0.29, 0.717) is 18.8 Å². The highest BCUT2D eigenvalue weighted by Gasteiger charge is 2.25. The molecule has 1 aliphatic heterocycles. The van der Waals surface area contributed by atoms with E-state index in [4.69, 9.17) is 10.5 Å². The van der Waals surface area contributed by atoms with E-state index in [2.05, 4.69) is 16.5 Å². The molecular weight excluding hydrogens is 347 g/mol. The van der Waals surface area contributed by atoms with Gasteiger partial charge in [0, 0.05) is 38.1 Å². The Morgan fingerprint density at radius 1 is 1.22 bits per heavy atom. The molecule has 1 saturated heterocycles. The van der Waals surface area contributed by atoms with Crippen LogP contribution >= 0.6 is 0 Å². The van der Waals surface area contributed by atoms with Crippen molar-refractivity contribution in [3.63, 3.8) is 0 Å². The summed E-state index contributed by atoms with van der Waals surface area (Å²) in [5.74, 6) is -0.615. The lowest BCUT2D eigenvalue weighted by Crippen LogP contribution is -2.50. The highest BCUT2D eigenvalue weighted by atomic mass is 19.1. The molecule has 1 heterocycles. The van der Waals surface area contributed by atoms with Gasteiger partial charge in [-0.3, -0.25) is 4.99 Å². The second-order valence-electron chi connectivity index (χ2n) is 7.26. The van der Waals surface area contributed by atoms with E-state index in [0.717, 1.165) is 36.8 Å². The fraction of sp³-hybridized carbons (Fsp3) is 0.400. The first-order valence-electron chi connectivity index (χ1n) is 8.83. The van der Waals surface area contributed by atoms with Gasteiger partial charge in [0.05, 0.1) is 11.9 Å². The van der Waals surface area contributed by atoms with Crippen molar-refractivity contribution >= 4 is 23.7 Å². The summed E-state index contributed by atoms with van der Waals surface area (Å²) in [7, 11) is 0. The highest BCUT2D eigenvalue weighted by Crippen LogP contribution is 2.22. The van der Waals surface area contributed by atoms with Gasteiger partial charge < -0.3 is 20.3 Å². The second kappa shape index (κ2) is 8.70. The van der Waals surface area contributed by atoms with Gasteiger partial charge >= 0.3 is 6.09 Å². The molecular formula is C20H27FN4O2. The quantitative estimate of drug-likeness (QED) is 0.818. The Morgan fingerprint density at radius 2 is 1.81 bits per heavy atom. The molecule has 146 valence electrons. The first-order chi connectivity index (χ1) is 12.7. The van der Waals surface area contributed by atoms with Gasteiger partial charge in [0.15, 0.2) is 5.83 Å².